The first-order valence-corrected chi connectivity index (χ1v) is 10.7. The first-order valence-electron chi connectivity index (χ1n) is 8.27. The number of hydrogen-bond acceptors (Lipinski definition) is 5. The molecular formula is C20H19ClN2O2S2. The van der Waals surface area contributed by atoms with Crippen molar-refractivity contribution < 1.29 is 9.53 Å². The Labute approximate surface area is 171 Å². The molecule has 3 aromatic rings. The zero-order chi connectivity index (χ0) is 19.4. The van der Waals surface area contributed by atoms with Crippen molar-refractivity contribution in [2.24, 2.45) is 0 Å². The van der Waals surface area contributed by atoms with Crippen LogP contribution in [-0.2, 0) is 6.61 Å². The lowest BCUT2D eigenvalue weighted by Crippen LogP contribution is -2.11. The number of carbonyl (C=O) groups excluding carboxylic acids is 1. The summed E-state index contributed by atoms with van der Waals surface area (Å²) in [5.74, 6) is 0.570. The lowest BCUT2D eigenvalue weighted by atomic mass is 10.2. The van der Waals surface area contributed by atoms with Gasteiger partial charge in [0, 0.05) is 15.6 Å². The van der Waals surface area contributed by atoms with Gasteiger partial charge in [0.1, 0.15) is 22.2 Å². The number of carbonyl (C=O) groups is 1. The monoisotopic (exact) mass is 418 g/mol. The maximum absolute atomic E-state index is 12.6. The molecule has 1 amide bonds. The van der Waals surface area contributed by atoms with E-state index in [1.54, 1.807) is 17.8 Å². The molecule has 1 aromatic heterocycles. The first kappa shape index (κ1) is 19.7. The number of benzene rings is 2. The van der Waals surface area contributed by atoms with Gasteiger partial charge < -0.3 is 10.1 Å². The highest BCUT2D eigenvalue weighted by Gasteiger charge is 2.16. The molecule has 0 fully saturated rings. The average molecular weight is 419 g/mol. The second-order valence-electron chi connectivity index (χ2n) is 5.90. The number of rotatable bonds is 6. The Kier molecular flexibility index (Phi) is 6.42. The number of thiazole rings is 1. The largest absolute Gasteiger partial charge is 0.486 e. The van der Waals surface area contributed by atoms with Crippen LogP contribution in [0.4, 0.5) is 5.69 Å². The Morgan fingerprint density at radius 2 is 1.96 bits per heavy atom. The maximum Gasteiger partial charge on any atom is 0.267 e. The Morgan fingerprint density at radius 1 is 1.22 bits per heavy atom. The summed E-state index contributed by atoms with van der Waals surface area (Å²) in [7, 11) is 0. The highest BCUT2D eigenvalue weighted by Crippen LogP contribution is 2.25. The Morgan fingerprint density at radius 3 is 2.63 bits per heavy atom. The number of nitrogens with one attached hydrogen (secondary N) is 1. The molecule has 4 nitrogen and oxygen atoms in total. The van der Waals surface area contributed by atoms with E-state index in [2.05, 4.69) is 10.3 Å². The predicted molar refractivity (Wildman–Crippen MR) is 114 cm³/mol. The second-order valence-corrected chi connectivity index (χ2v) is 8.27. The molecule has 3 rings (SSSR count). The van der Waals surface area contributed by atoms with Crippen molar-refractivity contribution in [2.75, 3.05) is 11.6 Å². The van der Waals surface area contributed by atoms with Crippen LogP contribution in [0.5, 0.6) is 5.75 Å². The van der Waals surface area contributed by atoms with Crippen LogP contribution >= 0.6 is 34.7 Å². The van der Waals surface area contributed by atoms with E-state index in [1.807, 2.05) is 56.5 Å². The quantitative estimate of drug-likeness (QED) is 0.501. The summed E-state index contributed by atoms with van der Waals surface area (Å²) < 4.78 is 5.78. The molecule has 140 valence electrons. The molecule has 0 aliphatic carbocycles. The Bertz CT molecular complexity index is 955. The third-order valence-corrected chi connectivity index (χ3v) is 6.18. The molecule has 0 saturated carbocycles. The number of thioether (sulfide) groups is 1. The molecule has 0 radical (unpaired) electrons. The number of nitrogens with zero attached hydrogens (tertiary/aromatic N) is 1. The van der Waals surface area contributed by atoms with Gasteiger partial charge in [0.15, 0.2) is 0 Å². The van der Waals surface area contributed by atoms with Crippen LogP contribution in [0, 0.1) is 13.8 Å². The molecule has 0 saturated heterocycles. The third kappa shape index (κ3) is 5.03. The Balaban J connectivity index is 1.65. The van der Waals surface area contributed by atoms with Gasteiger partial charge in [-0.2, -0.15) is 0 Å². The van der Waals surface area contributed by atoms with Gasteiger partial charge in [-0.05, 0) is 68.1 Å². The lowest BCUT2D eigenvalue weighted by molar-refractivity contribution is 0.103. The number of aryl methyl sites for hydroxylation is 2. The molecule has 1 heterocycles. The van der Waals surface area contributed by atoms with E-state index in [0.717, 1.165) is 26.9 Å². The second kappa shape index (κ2) is 8.78. The van der Waals surface area contributed by atoms with E-state index < -0.39 is 0 Å². The standard InChI is InChI=1S/C20H19ClN2O2S2/c1-12-10-15(6-9-17(12)21)25-11-18-22-13(2)19(27-18)20(24)23-14-4-7-16(26-3)8-5-14/h4-10H,11H2,1-3H3,(H,23,24). The summed E-state index contributed by atoms with van der Waals surface area (Å²) in [5.41, 5.74) is 2.42. The number of aromatic nitrogens is 1. The SMILES string of the molecule is CSc1ccc(NC(=O)c2sc(COc3ccc(Cl)c(C)c3)nc2C)cc1. The van der Waals surface area contributed by atoms with Crippen molar-refractivity contribution in [2.45, 2.75) is 25.3 Å². The summed E-state index contributed by atoms with van der Waals surface area (Å²) in [6, 6.07) is 13.3. The van der Waals surface area contributed by atoms with Gasteiger partial charge in [-0.1, -0.05) is 11.6 Å². The molecule has 7 heteroatoms. The van der Waals surface area contributed by atoms with Crippen LogP contribution in [0.2, 0.25) is 5.02 Å². The van der Waals surface area contributed by atoms with Crippen LogP contribution in [-0.4, -0.2) is 17.1 Å². The minimum Gasteiger partial charge on any atom is -0.486 e. The van der Waals surface area contributed by atoms with Gasteiger partial charge in [-0.25, -0.2) is 4.98 Å². The van der Waals surface area contributed by atoms with Crippen LogP contribution in [0.3, 0.4) is 0 Å². The van der Waals surface area contributed by atoms with Crippen LogP contribution < -0.4 is 10.1 Å². The molecule has 27 heavy (non-hydrogen) atoms. The van der Waals surface area contributed by atoms with Crippen molar-refractivity contribution in [3.8, 4) is 5.75 Å². The first-order chi connectivity index (χ1) is 13.0. The van der Waals surface area contributed by atoms with E-state index in [-0.39, 0.29) is 5.91 Å². The van der Waals surface area contributed by atoms with Crippen LogP contribution in [0.1, 0.15) is 25.9 Å². The summed E-state index contributed by atoms with van der Waals surface area (Å²) in [4.78, 5) is 18.8. The van der Waals surface area contributed by atoms with Crippen molar-refractivity contribution in [1.29, 1.82) is 0 Å². The number of amides is 1. The molecule has 2 aromatic carbocycles. The fraction of sp³-hybridized carbons (Fsp3) is 0.200. The highest BCUT2D eigenvalue weighted by atomic mass is 35.5. The lowest BCUT2D eigenvalue weighted by Gasteiger charge is -2.06. The summed E-state index contributed by atoms with van der Waals surface area (Å²) in [6.07, 6.45) is 2.02. The van der Waals surface area contributed by atoms with E-state index in [0.29, 0.717) is 22.2 Å². The molecule has 1 N–H and O–H groups in total. The van der Waals surface area contributed by atoms with E-state index in [1.165, 1.54) is 11.3 Å². The number of hydrogen-bond donors (Lipinski definition) is 1. The Hall–Kier alpha value is -2.02. The minimum absolute atomic E-state index is 0.157. The zero-order valence-corrected chi connectivity index (χ0v) is 17.6. The molecule has 0 aliphatic heterocycles. The molecular weight excluding hydrogens is 400 g/mol. The number of ether oxygens (including phenoxy) is 1. The topological polar surface area (TPSA) is 51.2 Å². The van der Waals surface area contributed by atoms with Crippen molar-refractivity contribution >= 4 is 46.3 Å². The smallest absolute Gasteiger partial charge is 0.267 e. The normalized spacial score (nSPS) is 10.7. The molecule has 0 spiro atoms. The predicted octanol–water partition coefficient (Wildman–Crippen LogP) is 5.97. The van der Waals surface area contributed by atoms with Gasteiger partial charge in [0.2, 0.25) is 0 Å². The van der Waals surface area contributed by atoms with Gasteiger partial charge in [0.25, 0.3) is 5.91 Å². The van der Waals surface area contributed by atoms with Gasteiger partial charge in [-0.15, -0.1) is 23.1 Å². The van der Waals surface area contributed by atoms with E-state index in [9.17, 15) is 4.79 Å². The fourth-order valence-corrected chi connectivity index (χ4v) is 3.84. The number of anilines is 1. The van der Waals surface area contributed by atoms with Crippen LogP contribution in [0.15, 0.2) is 47.4 Å². The van der Waals surface area contributed by atoms with Gasteiger partial charge >= 0.3 is 0 Å². The summed E-state index contributed by atoms with van der Waals surface area (Å²) in [6.45, 7) is 4.07. The summed E-state index contributed by atoms with van der Waals surface area (Å²) >= 11 is 9.03. The summed E-state index contributed by atoms with van der Waals surface area (Å²) in [5, 5.41) is 4.38. The molecule has 0 bridgehead atoms. The highest BCUT2D eigenvalue weighted by molar-refractivity contribution is 7.98. The van der Waals surface area contributed by atoms with Crippen LogP contribution in [0.25, 0.3) is 0 Å². The average Bonchev–Trinajstić information content (AvgIpc) is 3.04. The fourth-order valence-electron chi connectivity index (χ4n) is 2.44. The molecule has 0 unspecified atom stereocenters. The third-order valence-electron chi connectivity index (χ3n) is 3.89. The van der Waals surface area contributed by atoms with Gasteiger partial charge in [-0.3, -0.25) is 4.79 Å². The van der Waals surface area contributed by atoms with Crippen molar-refractivity contribution in [3.05, 3.63) is 68.6 Å². The molecule has 0 atom stereocenters. The zero-order valence-electron chi connectivity index (χ0n) is 15.2. The van der Waals surface area contributed by atoms with E-state index >= 15 is 0 Å². The van der Waals surface area contributed by atoms with E-state index in [4.69, 9.17) is 16.3 Å². The number of halogens is 1. The molecule has 0 aliphatic rings. The minimum atomic E-state index is -0.157. The van der Waals surface area contributed by atoms with Crippen molar-refractivity contribution in [3.63, 3.8) is 0 Å². The van der Waals surface area contributed by atoms with Gasteiger partial charge in [0.05, 0.1) is 5.69 Å². The van der Waals surface area contributed by atoms with Crippen molar-refractivity contribution in [1.82, 2.24) is 4.98 Å². The maximum atomic E-state index is 12.6.